The van der Waals surface area contributed by atoms with Crippen LogP contribution in [0.15, 0.2) is 43.0 Å². The second-order valence-electron chi connectivity index (χ2n) is 3.60. The lowest BCUT2D eigenvalue weighted by Crippen LogP contribution is -2.39. The smallest absolute Gasteiger partial charge is 0.407 e. The maximum atomic E-state index is 11.3. The molecule has 0 aliphatic carbocycles. The molecule has 0 spiro atoms. The van der Waals surface area contributed by atoms with E-state index < -0.39 is 6.09 Å². The molecule has 0 bridgehead atoms. The highest BCUT2D eigenvalue weighted by Gasteiger charge is 2.12. The first-order valence-electron chi connectivity index (χ1n) is 5.45. The van der Waals surface area contributed by atoms with E-state index in [2.05, 4.69) is 11.9 Å². The Morgan fingerprint density at radius 2 is 2.18 bits per heavy atom. The van der Waals surface area contributed by atoms with E-state index in [4.69, 9.17) is 4.74 Å². The Labute approximate surface area is 101 Å². The van der Waals surface area contributed by atoms with Crippen LogP contribution in [-0.4, -0.2) is 30.5 Å². The minimum absolute atomic E-state index is 0.127. The van der Waals surface area contributed by atoms with Gasteiger partial charge in [0.2, 0.25) is 0 Å². The molecule has 1 rings (SSSR count). The third kappa shape index (κ3) is 5.17. The van der Waals surface area contributed by atoms with Crippen LogP contribution in [0.3, 0.4) is 0 Å². The largest absolute Gasteiger partial charge is 0.445 e. The number of alkyl carbamates (subject to hydrolysis) is 1. The molecule has 0 fully saturated rings. The number of carbonyl (C=O) groups excluding carboxylic acids is 1. The number of aliphatic hydroxyl groups is 1. The average molecular weight is 235 g/mol. The number of aliphatic hydroxyl groups excluding tert-OH is 1. The van der Waals surface area contributed by atoms with E-state index in [1.54, 1.807) is 0 Å². The number of carbonyl (C=O) groups is 1. The Kier molecular flexibility index (Phi) is 5.82. The van der Waals surface area contributed by atoms with Gasteiger partial charge in [-0.1, -0.05) is 43.0 Å². The lowest BCUT2D eigenvalue weighted by atomic mass is 10.1. The van der Waals surface area contributed by atoms with Crippen LogP contribution >= 0.6 is 0 Å². The van der Waals surface area contributed by atoms with Crippen molar-refractivity contribution in [1.29, 1.82) is 0 Å². The first-order valence-corrected chi connectivity index (χ1v) is 5.45. The minimum Gasteiger partial charge on any atom is -0.445 e. The van der Waals surface area contributed by atoms with Crippen molar-refractivity contribution in [3.8, 4) is 0 Å². The van der Waals surface area contributed by atoms with E-state index in [-0.39, 0.29) is 19.3 Å². The van der Waals surface area contributed by atoms with Crippen molar-refractivity contribution in [3.63, 3.8) is 0 Å². The van der Waals surface area contributed by atoms with Crippen molar-refractivity contribution in [3.05, 3.63) is 48.6 Å². The molecule has 0 aromatic heterocycles. The van der Waals surface area contributed by atoms with Gasteiger partial charge in [0.1, 0.15) is 6.61 Å². The van der Waals surface area contributed by atoms with Crippen LogP contribution in [0.4, 0.5) is 4.79 Å². The fraction of sp³-hybridized carbons (Fsp3) is 0.308. The number of hydrogen-bond donors (Lipinski definition) is 2. The first-order chi connectivity index (χ1) is 8.26. The van der Waals surface area contributed by atoms with Crippen molar-refractivity contribution in [2.75, 3.05) is 13.2 Å². The Hall–Kier alpha value is -1.81. The molecule has 92 valence electrons. The highest BCUT2D eigenvalue weighted by atomic mass is 16.5. The van der Waals surface area contributed by atoms with Crippen LogP contribution < -0.4 is 5.32 Å². The fourth-order valence-electron chi connectivity index (χ4n) is 1.40. The van der Waals surface area contributed by atoms with Crippen LogP contribution in [0.5, 0.6) is 0 Å². The van der Waals surface area contributed by atoms with Crippen LogP contribution in [0.2, 0.25) is 0 Å². The molecule has 4 heteroatoms. The van der Waals surface area contributed by atoms with Crippen LogP contribution in [0.1, 0.15) is 5.56 Å². The van der Waals surface area contributed by atoms with E-state index >= 15 is 0 Å². The molecule has 1 unspecified atom stereocenters. The normalized spacial score (nSPS) is 11.6. The van der Waals surface area contributed by atoms with Gasteiger partial charge in [0.25, 0.3) is 0 Å². The highest BCUT2D eigenvalue weighted by Crippen LogP contribution is 2.03. The van der Waals surface area contributed by atoms with Crippen molar-refractivity contribution in [1.82, 2.24) is 5.32 Å². The van der Waals surface area contributed by atoms with Crippen molar-refractivity contribution < 1.29 is 14.6 Å². The number of rotatable bonds is 6. The van der Waals surface area contributed by atoms with E-state index in [1.165, 1.54) is 6.08 Å². The first kappa shape index (κ1) is 13.3. The Morgan fingerprint density at radius 3 is 2.76 bits per heavy atom. The molecule has 4 nitrogen and oxygen atoms in total. The molecular formula is C13H17NO3. The van der Waals surface area contributed by atoms with E-state index in [1.807, 2.05) is 30.3 Å². The molecule has 0 aliphatic rings. The van der Waals surface area contributed by atoms with Gasteiger partial charge in [0, 0.05) is 0 Å². The lowest BCUT2D eigenvalue weighted by molar-refractivity contribution is 0.146. The standard InChI is InChI=1S/C13H17NO3/c1-2-8-17-13(16)14-12(10-15)9-11-6-4-3-5-7-11/h2-7,12,15H,1,8-10H2,(H,14,16). The van der Waals surface area contributed by atoms with Gasteiger partial charge in [0.05, 0.1) is 12.6 Å². The van der Waals surface area contributed by atoms with E-state index in [9.17, 15) is 9.90 Å². The third-order valence-electron chi connectivity index (χ3n) is 2.20. The predicted molar refractivity (Wildman–Crippen MR) is 65.7 cm³/mol. The Morgan fingerprint density at radius 1 is 1.47 bits per heavy atom. The molecule has 1 aromatic rings. The summed E-state index contributed by atoms with van der Waals surface area (Å²) in [6.45, 7) is 3.48. The maximum absolute atomic E-state index is 11.3. The predicted octanol–water partition coefficient (Wildman–Crippen LogP) is 1.50. The highest BCUT2D eigenvalue weighted by molar-refractivity contribution is 5.67. The summed E-state index contributed by atoms with van der Waals surface area (Å²) in [6, 6.07) is 9.30. The van der Waals surface area contributed by atoms with E-state index in [0.717, 1.165) is 5.56 Å². The molecular weight excluding hydrogens is 218 g/mol. The molecule has 0 saturated heterocycles. The molecule has 1 amide bonds. The summed E-state index contributed by atoms with van der Waals surface area (Å²) in [5.41, 5.74) is 1.05. The van der Waals surface area contributed by atoms with E-state index in [0.29, 0.717) is 6.42 Å². The number of benzene rings is 1. The van der Waals surface area contributed by atoms with Crippen LogP contribution in [0.25, 0.3) is 0 Å². The summed E-state index contributed by atoms with van der Waals surface area (Å²) in [4.78, 5) is 11.3. The maximum Gasteiger partial charge on any atom is 0.407 e. The lowest BCUT2D eigenvalue weighted by Gasteiger charge is -2.15. The molecule has 1 atom stereocenters. The van der Waals surface area contributed by atoms with Crippen molar-refractivity contribution in [2.45, 2.75) is 12.5 Å². The zero-order valence-electron chi connectivity index (χ0n) is 9.63. The molecule has 0 aliphatic heterocycles. The van der Waals surface area contributed by atoms with Crippen LogP contribution in [0, 0.1) is 0 Å². The summed E-state index contributed by atoms with van der Waals surface area (Å²) in [7, 11) is 0. The van der Waals surface area contributed by atoms with Gasteiger partial charge in [0.15, 0.2) is 0 Å². The molecule has 1 aromatic carbocycles. The fourth-order valence-corrected chi connectivity index (χ4v) is 1.40. The van der Waals surface area contributed by atoms with Crippen LogP contribution in [-0.2, 0) is 11.2 Å². The monoisotopic (exact) mass is 235 g/mol. The Bertz CT molecular complexity index is 351. The average Bonchev–Trinajstić information content (AvgIpc) is 2.36. The van der Waals surface area contributed by atoms with Gasteiger partial charge in [-0.05, 0) is 12.0 Å². The Balaban J connectivity index is 2.43. The zero-order chi connectivity index (χ0) is 12.5. The van der Waals surface area contributed by atoms with Gasteiger partial charge in [-0.3, -0.25) is 0 Å². The topological polar surface area (TPSA) is 58.6 Å². The molecule has 17 heavy (non-hydrogen) atoms. The quantitative estimate of drug-likeness (QED) is 0.735. The molecule has 2 N–H and O–H groups in total. The zero-order valence-corrected chi connectivity index (χ0v) is 9.63. The number of hydrogen-bond acceptors (Lipinski definition) is 3. The van der Waals surface area contributed by atoms with Gasteiger partial charge in [-0.15, -0.1) is 0 Å². The summed E-state index contributed by atoms with van der Waals surface area (Å²) in [5, 5.41) is 11.8. The summed E-state index contributed by atoms with van der Waals surface area (Å²) in [5.74, 6) is 0. The number of nitrogens with one attached hydrogen (secondary N) is 1. The molecule has 0 saturated carbocycles. The van der Waals surface area contributed by atoms with Gasteiger partial charge in [-0.2, -0.15) is 0 Å². The SMILES string of the molecule is C=CCOC(=O)NC(CO)Cc1ccccc1. The number of ether oxygens (including phenoxy) is 1. The second-order valence-corrected chi connectivity index (χ2v) is 3.60. The summed E-state index contributed by atoms with van der Waals surface area (Å²) in [6.07, 6.45) is 1.52. The van der Waals surface area contributed by atoms with Gasteiger partial charge < -0.3 is 15.2 Å². The van der Waals surface area contributed by atoms with Gasteiger partial charge >= 0.3 is 6.09 Å². The van der Waals surface area contributed by atoms with Crippen molar-refractivity contribution in [2.24, 2.45) is 0 Å². The van der Waals surface area contributed by atoms with Crippen molar-refractivity contribution >= 4 is 6.09 Å². The summed E-state index contributed by atoms with van der Waals surface area (Å²) < 4.78 is 4.78. The summed E-state index contributed by atoms with van der Waals surface area (Å²) >= 11 is 0. The number of amides is 1. The minimum atomic E-state index is -0.542. The van der Waals surface area contributed by atoms with Gasteiger partial charge in [-0.25, -0.2) is 4.79 Å². The third-order valence-corrected chi connectivity index (χ3v) is 2.20. The second kappa shape index (κ2) is 7.46. The molecule has 0 radical (unpaired) electrons. The molecule has 0 heterocycles.